The number of aromatic nitrogens is 1. The maximum atomic E-state index is 14.5. The molecule has 12 heteroatoms. The van der Waals surface area contributed by atoms with Gasteiger partial charge in [0.1, 0.15) is 23.7 Å². The molecule has 1 aliphatic heterocycles. The normalized spacial score (nSPS) is 18.8. The van der Waals surface area contributed by atoms with Gasteiger partial charge in [0.15, 0.2) is 0 Å². The van der Waals surface area contributed by atoms with Crippen molar-refractivity contribution in [1.82, 2.24) is 10.3 Å². The summed E-state index contributed by atoms with van der Waals surface area (Å²) >= 11 is 6.48. The lowest BCUT2D eigenvalue weighted by Gasteiger charge is -2.39. The molecule has 0 spiro atoms. The molecular weight excluding hydrogens is 559 g/mol. The number of nitrogens with one attached hydrogen (secondary N) is 1. The highest BCUT2D eigenvalue weighted by atomic mass is 35.5. The summed E-state index contributed by atoms with van der Waals surface area (Å²) in [5.74, 6) is -5.51. The van der Waals surface area contributed by atoms with Crippen molar-refractivity contribution in [2.45, 2.75) is 49.7 Å². The van der Waals surface area contributed by atoms with Crippen LogP contribution in [0.1, 0.15) is 42.9 Å². The Morgan fingerprint density at radius 2 is 1.90 bits per heavy atom. The van der Waals surface area contributed by atoms with Crippen LogP contribution < -0.4 is 15.1 Å². The molecule has 2 aromatic carbocycles. The number of alkyl halides is 2. The molecule has 5 rings (SSSR count). The molecule has 41 heavy (non-hydrogen) atoms. The Hall–Kier alpha value is -4.43. The highest BCUT2D eigenvalue weighted by molar-refractivity contribution is 6.31. The summed E-state index contributed by atoms with van der Waals surface area (Å²) in [6.45, 7) is 0. The van der Waals surface area contributed by atoms with Gasteiger partial charge in [-0.1, -0.05) is 35.9 Å². The molecule has 1 N–H and O–H groups in total. The molecule has 0 bridgehead atoms. The van der Waals surface area contributed by atoms with Crippen LogP contribution in [0.25, 0.3) is 0 Å². The number of anilines is 2. The summed E-state index contributed by atoms with van der Waals surface area (Å²) in [4.78, 5) is 47.6. The largest absolute Gasteiger partial charge is 0.351 e. The molecule has 1 saturated carbocycles. The number of nitrogens with zero attached hydrogens (tertiary/aromatic N) is 4. The molecule has 3 amide bonds. The first kappa shape index (κ1) is 28.1. The first-order valence-corrected chi connectivity index (χ1v) is 13.2. The Morgan fingerprint density at radius 1 is 1.15 bits per heavy atom. The van der Waals surface area contributed by atoms with E-state index < -0.39 is 60.4 Å². The van der Waals surface area contributed by atoms with Gasteiger partial charge in [0, 0.05) is 47.8 Å². The third-order valence-corrected chi connectivity index (χ3v) is 7.43. The van der Waals surface area contributed by atoms with Gasteiger partial charge in [-0.05, 0) is 42.8 Å². The Balaban J connectivity index is 1.61. The highest BCUT2D eigenvalue weighted by Crippen LogP contribution is 2.39. The zero-order chi connectivity index (χ0) is 29.3. The summed E-state index contributed by atoms with van der Waals surface area (Å²) in [6.07, 6.45) is 0.237. The van der Waals surface area contributed by atoms with Crippen molar-refractivity contribution < 1.29 is 27.6 Å². The summed E-state index contributed by atoms with van der Waals surface area (Å²) in [5.41, 5.74) is 0.386. The van der Waals surface area contributed by atoms with Gasteiger partial charge in [0.2, 0.25) is 11.8 Å². The van der Waals surface area contributed by atoms with E-state index in [4.69, 9.17) is 11.6 Å². The van der Waals surface area contributed by atoms with E-state index in [1.807, 2.05) is 6.07 Å². The number of carbonyl (C=O) groups excluding carboxylic acids is 3. The molecule has 210 valence electrons. The Bertz CT molecular complexity index is 1550. The molecule has 2 aliphatic rings. The number of nitriles is 1. The van der Waals surface area contributed by atoms with Crippen LogP contribution in [0.5, 0.6) is 0 Å². The predicted octanol–water partition coefficient (Wildman–Crippen LogP) is 4.93. The van der Waals surface area contributed by atoms with E-state index in [0.717, 1.165) is 21.9 Å². The summed E-state index contributed by atoms with van der Waals surface area (Å²) in [7, 11) is 0. The number of pyridine rings is 1. The van der Waals surface area contributed by atoms with Crippen molar-refractivity contribution in [3.05, 3.63) is 88.8 Å². The predicted molar refractivity (Wildman–Crippen MR) is 144 cm³/mol. The van der Waals surface area contributed by atoms with Gasteiger partial charge >= 0.3 is 0 Å². The topological polar surface area (TPSA) is 106 Å². The molecule has 2 atom stereocenters. The van der Waals surface area contributed by atoms with E-state index in [0.29, 0.717) is 0 Å². The number of carbonyl (C=O) groups is 3. The molecule has 1 aromatic heterocycles. The Kier molecular flexibility index (Phi) is 7.69. The minimum atomic E-state index is -2.91. The second-order valence-corrected chi connectivity index (χ2v) is 10.3. The number of halogens is 4. The lowest BCUT2D eigenvalue weighted by molar-refractivity contribution is -0.133. The SMILES string of the molecule is N#Cc1ccnc(N2C(=O)CC[C@H]2C(=O)N(c2cccc(F)c2)C(C(=O)NC2CC(F)(F)C2)c2ccccc2Cl)c1. The molecule has 0 radical (unpaired) electrons. The van der Waals surface area contributed by atoms with Crippen LogP contribution in [-0.2, 0) is 14.4 Å². The van der Waals surface area contributed by atoms with Crippen molar-refractivity contribution >= 4 is 40.8 Å². The fourth-order valence-corrected chi connectivity index (χ4v) is 5.39. The minimum Gasteiger partial charge on any atom is -0.351 e. The lowest BCUT2D eigenvalue weighted by Crippen LogP contribution is -2.56. The smallest absolute Gasteiger partial charge is 0.252 e. The van der Waals surface area contributed by atoms with Crippen LogP contribution in [0.3, 0.4) is 0 Å². The molecule has 8 nitrogen and oxygen atoms in total. The number of hydrogen-bond acceptors (Lipinski definition) is 5. The number of amides is 3. The van der Waals surface area contributed by atoms with Gasteiger partial charge in [-0.3, -0.25) is 24.2 Å². The maximum absolute atomic E-state index is 14.5. The quantitative estimate of drug-likeness (QED) is 0.426. The van der Waals surface area contributed by atoms with Gasteiger partial charge in [-0.25, -0.2) is 18.2 Å². The van der Waals surface area contributed by atoms with Crippen LogP contribution in [-0.4, -0.2) is 40.7 Å². The average molecular weight is 582 g/mol. The summed E-state index contributed by atoms with van der Waals surface area (Å²) < 4.78 is 41.7. The van der Waals surface area contributed by atoms with Gasteiger partial charge in [0.05, 0.1) is 11.6 Å². The molecule has 1 unspecified atom stereocenters. The number of rotatable bonds is 7. The maximum Gasteiger partial charge on any atom is 0.252 e. The van der Waals surface area contributed by atoms with Crippen LogP contribution in [0.15, 0.2) is 66.9 Å². The Morgan fingerprint density at radius 3 is 2.59 bits per heavy atom. The third kappa shape index (κ3) is 5.74. The number of benzene rings is 2. The van der Waals surface area contributed by atoms with Crippen molar-refractivity contribution in [1.29, 1.82) is 5.26 Å². The van der Waals surface area contributed by atoms with E-state index in [9.17, 15) is 32.8 Å². The van der Waals surface area contributed by atoms with Crippen molar-refractivity contribution in [3.8, 4) is 6.07 Å². The molecule has 3 aromatic rings. The zero-order valence-corrected chi connectivity index (χ0v) is 22.2. The molecule has 1 aliphatic carbocycles. The Labute approximate surface area is 238 Å². The summed E-state index contributed by atoms with van der Waals surface area (Å²) in [6, 6.07) is 12.5. The second kappa shape index (κ2) is 11.2. The van der Waals surface area contributed by atoms with Crippen LogP contribution in [0, 0.1) is 17.1 Å². The fourth-order valence-electron chi connectivity index (χ4n) is 5.15. The lowest BCUT2D eigenvalue weighted by atomic mass is 9.87. The number of hydrogen-bond donors (Lipinski definition) is 1. The zero-order valence-electron chi connectivity index (χ0n) is 21.4. The van der Waals surface area contributed by atoms with Gasteiger partial charge in [-0.15, -0.1) is 0 Å². The van der Waals surface area contributed by atoms with Crippen molar-refractivity contribution in [2.24, 2.45) is 0 Å². The fraction of sp³-hybridized carbons (Fsp3) is 0.276. The van der Waals surface area contributed by atoms with Crippen LogP contribution in [0.2, 0.25) is 5.02 Å². The van der Waals surface area contributed by atoms with E-state index in [1.165, 1.54) is 42.6 Å². The van der Waals surface area contributed by atoms with E-state index >= 15 is 0 Å². The average Bonchev–Trinajstić information content (AvgIpc) is 3.32. The van der Waals surface area contributed by atoms with Gasteiger partial charge in [0.25, 0.3) is 11.8 Å². The van der Waals surface area contributed by atoms with Crippen LogP contribution >= 0.6 is 11.6 Å². The second-order valence-electron chi connectivity index (χ2n) is 9.91. The molecule has 2 heterocycles. The van der Waals surface area contributed by atoms with Crippen molar-refractivity contribution in [2.75, 3.05) is 9.80 Å². The molecule has 2 fully saturated rings. The first-order chi connectivity index (χ1) is 19.6. The van der Waals surface area contributed by atoms with Gasteiger partial charge in [-0.2, -0.15) is 5.26 Å². The minimum absolute atomic E-state index is 0.00737. The summed E-state index contributed by atoms with van der Waals surface area (Å²) in [5, 5.41) is 12.0. The molecule has 1 saturated heterocycles. The molecular formula is C29H23ClF3N5O3. The van der Waals surface area contributed by atoms with E-state index in [2.05, 4.69) is 10.3 Å². The third-order valence-electron chi connectivity index (χ3n) is 7.09. The monoisotopic (exact) mass is 581 g/mol. The van der Waals surface area contributed by atoms with E-state index in [-0.39, 0.29) is 40.5 Å². The van der Waals surface area contributed by atoms with Crippen molar-refractivity contribution in [3.63, 3.8) is 0 Å². The standard InChI is InChI=1S/C29H23ClF3N5O3/c30-22-7-2-1-6-21(22)26(27(40)36-19-14-29(32,33)15-19)37(20-5-3-4-18(31)13-20)28(41)23-8-9-25(39)38(23)24-12-17(16-34)10-11-35-24/h1-7,10-13,19,23,26H,8-9,14-15H2,(H,36,40)/t23-,26?/m0/s1. The first-order valence-electron chi connectivity index (χ1n) is 12.8. The highest BCUT2D eigenvalue weighted by Gasteiger charge is 2.48. The van der Waals surface area contributed by atoms with E-state index in [1.54, 1.807) is 12.1 Å². The van der Waals surface area contributed by atoms with Crippen LogP contribution in [0.4, 0.5) is 24.7 Å². The van der Waals surface area contributed by atoms with Gasteiger partial charge < -0.3 is 5.32 Å².